The van der Waals surface area contributed by atoms with E-state index in [1.54, 1.807) is 6.07 Å². The van der Waals surface area contributed by atoms with Crippen molar-refractivity contribution in [2.75, 3.05) is 31.1 Å². The molecule has 0 unspecified atom stereocenters. The van der Waals surface area contributed by atoms with Gasteiger partial charge in [-0.2, -0.15) is 0 Å². The van der Waals surface area contributed by atoms with Gasteiger partial charge in [-0.1, -0.05) is 25.7 Å². The molecule has 2 N–H and O–H groups in total. The molecule has 1 saturated carbocycles. The van der Waals surface area contributed by atoms with Crippen molar-refractivity contribution in [3.8, 4) is 0 Å². The molecule has 2 aliphatic rings. The van der Waals surface area contributed by atoms with Crippen molar-refractivity contribution in [1.29, 1.82) is 0 Å². The number of nitrogens with zero attached hydrogens (tertiary/aromatic N) is 3. The van der Waals surface area contributed by atoms with Crippen molar-refractivity contribution in [3.05, 3.63) is 33.9 Å². The van der Waals surface area contributed by atoms with Crippen LogP contribution in [-0.4, -0.2) is 47.8 Å². The lowest BCUT2D eigenvalue weighted by Gasteiger charge is -2.36. The van der Waals surface area contributed by atoms with Crippen LogP contribution >= 0.6 is 0 Å². The summed E-state index contributed by atoms with van der Waals surface area (Å²) in [5.74, 6) is 0.184. The van der Waals surface area contributed by atoms with Crippen LogP contribution in [0.25, 0.3) is 0 Å². The highest BCUT2D eigenvalue weighted by Gasteiger charge is 2.27. The second kappa shape index (κ2) is 8.37. The number of nitro groups is 1. The highest BCUT2D eigenvalue weighted by molar-refractivity contribution is 5.94. The quantitative estimate of drug-likeness (QED) is 0.607. The van der Waals surface area contributed by atoms with Gasteiger partial charge in [0, 0.05) is 44.2 Å². The number of carbonyl (C=O) groups is 2. The number of rotatable bonds is 6. The number of piperazine rings is 1. The van der Waals surface area contributed by atoms with Gasteiger partial charge in [0.2, 0.25) is 11.8 Å². The summed E-state index contributed by atoms with van der Waals surface area (Å²) in [6.07, 6.45) is 6.62. The molecule has 2 fully saturated rings. The lowest BCUT2D eigenvalue weighted by molar-refractivity contribution is -0.384. The molecule has 1 saturated heterocycles. The van der Waals surface area contributed by atoms with E-state index in [0.29, 0.717) is 44.2 Å². The van der Waals surface area contributed by atoms with E-state index in [1.165, 1.54) is 37.8 Å². The van der Waals surface area contributed by atoms with E-state index in [9.17, 15) is 19.7 Å². The first-order valence-electron chi connectivity index (χ1n) is 9.56. The lowest BCUT2D eigenvalue weighted by atomic mass is 10.0. The SMILES string of the molecule is NC(=O)c1ccc(N2CCN(C(=O)CCC3CCCC3)CC2)c([N+](=O)[O-])c1. The molecule has 27 heavy (non-hydrogen) atoms. The van der Waals surface area contributed by atoms with E-state index >= 15 is 0 Å². The number of carbonyl (C=O) groups excluding carboxylic acids is 2. The van der Waals surface area contributed by atoms with Gasteiger partial charge in [-0.25, -0.2) is 0 Å². The Balaban J connectivity index is 1.59. The Morgan fingerprint density at radius 3 is 2.41 bits per heavy atom. The molecule has 0 spiro atoms. The first kappa shape index (κ1) is 19.1. The summed E-state index contributed by atoms with van der Waals surface area (Å²) in [7, 11) is 0. The summed E-state index contributed by atoms with van der Waals surface area (Å²) in [6, 6.07) is 4.29. The lowest BCUT2D eigenvalue weighted by Crippen LogP contribution is -2.49. The molecular formula is C19H26N4O4. The van der Waals surface area contributed by atoms with Gasteiger partial charge >= 0.3 is 0 Å². The molecule has 8 nitrogen and oxygen atoms in total. The molecule has 3 rings (SSSR count). The molecule has 2 amide bonds. The second-order valence-corrected chi connectivity index (χ2v) is 7.38. The van der Waals surface area contributed by atoms with Gasteiger partial charge in [-0.05, 0) is 24.5 Å². The molecular weight excluding hydrogens is 348 g/mol. The molecule has 0 aromatic heterocycles. The first-order valence-corrected chi connectivity index (χ1v) is 9.56. The Labute approximate surface area is 158 Å². The standard InChI is InChI=1S/C19H26N4O4/c20-19(25)15-6-7-16(17(13-15)23(26)27)21-9-11-22(12-10-21)18(24)8-5-14-3-1-2-4-14/h6-7,13-14H,1-5,8-12H2,(H2,20,25). The smallest absolute Gasteiger partial charge is 0.293 e. The molecule has 0 atom stereocenters. The monoisotopic (exact) mass is 374 g/mol. The van der Waals surface area contributed by atoms with Crippen molar-refractivity contribution in [2.45, 2.75) is 38.5 Å². The largest absolute Gasteiger partial charge is 0.366 e. The van der Waals surface area contributed by atoms with Crippen LogP contribution < -0.4 is 10.6 Å². The van der Waals surface area contributed by atoms with Crippen LogP contribution in [0.2, 0.25) is 0 Å². The maximum atomic E-state index is 12.4. The minimum atomic E-state index is -0.692. The maximum absolute atomic E-state index is 12.4. The van der Waals surface area contributed by atoms with Gasteiger partial charge in [-0.15, -0.1) is 0 Å². The van der Waals surface area contributed by atoms with Crippen molar-refractivity contribution < 1.29 is 14.5 Å². The highest BCUT2D eigenvalue weighted by Crippen LogP contribution is 2.31. The van der Waals surface area contributed by atoms with Gasteiger partial charge in [-0.3, -0.25) is 19.7 Å². The van der Waals surface area contributed by atoms with Crippen LogP contribution in [0.4, 0.5) is 11.4 Å². The van der Waals surface area contributed by atoms with Crippen molar-refractivity contribution in [1.82, 2.24) is 4.90 Å². The van der Waals surface area contributed by atoms with Crippen LogP contribution in [-0.2, 0) is 4.79 Å². The van der Waals surface area contributed by atoms with E-state index in [0.717, 1.165) is 6.42 Å². The Kier molecular flexibility index (Phi) is 5.93. The molecule has 1 aromatic rings. The van der Waals surface area contributed by atoms with Gasteiger partial charge in [0.1, 0.15) is 5.69 Å². The molecule has 0 radical (unpaired) electrons. The van der Waals surface area contributed by atoms with Crippen LogP contribution in [0.1, 0.15) is 48.9 Å². The molecule has 8 heteroatoms. The zero-order chi connectivity index (χ0) is 19.4. The molecule has 1 heterocycles. The van der Waals surface area contributed by atoms with Gasteiger partial charge < -0.3 is 15.5 Å². The first-order chi connectivity index (χ1) is 13.0. The Bertz CT molecular complexity index is 722. The van der Waals surface area contributed by atoms with Gasteiger partial charge in [0.25, 0.3) is 5.69 Å². The van der Waals surface area contributed by atoms with Crippen molar-refractivity contribution >= 4 is 23.2 Å². The third-order valence-corrected chi connectivity index (χ3v) is 5.67. The zero-order valence-electron chi connectivity index (χ0n) is 15.4. The van der Waals surface area contributed by atoms with Crippen molar-refractivity contribution in [3.63, 3.8) is 0 Å². The molecule has 1 aliphatic carbocycles. The van der Waals surface area contributed by atoms with Crippen LogP contribution in [0.3, 0.4) is 0 Å². The normalized spacial score (nSPS) is 17.9. The molecule has 1 aliphatic heterocycles. The van der Waals surface area contributed by atoms with Crippen molar-refractivity contribution in [2.24, 2.45) is 11.7 Å². The van der Waals surface area contributed by atoms with E-state index in [1.807, 2.05) is 9.80 Å². The van der Waals surface area contributed by atoms with Crippen LogP contribution in [0, 0.1) is 16.0 Å². The van der Waals surface area contributed by atoms with E-state index < -0.39 is 10.8 Å². The Hall–Kier alpha value is -2.64. The minimum absolute atomic E-state index is 0.117. The summed E-state index contributed by atoms with van der Waals surface area (Å²) in [5, 5.41) is 11.4. The number of benzene rings is 1. The second-order valence-electron chi connectivity index (χ2n) is 7.38. The van der Waals surface area contributed by atoms with Gasteiger partial charge in [0.05, 0.1) is 4.92 Å². The fourth-order valence-corrected chi connectivity index (χ4v) is 4.07. The predicted octanol–water partition coefficient (Wildman–Crippen LogP) is 2.31. The molecule has 146 valence electrons. The molecule has 1 aromatic carbocycles. The third kappa shape index (κ3) is 4.56. The summed E-state index contributed by atoms with van der Waals surface area (Å²) >= 11 is 0. The number of hydrogen-bond acceptors (Lipinski definition) is 5. The number of nitrogens with two attached hydrogens (primary N) is 1. The Morgan fingerprint density at radius 1 is 1.15 bits per heavy atom. The van der Waals surface area contributed by atoms with Crippen LogP contribution in [0.15, 0.2) is 18.2 Å². The van der Waals surface area contributed by atoms with E-state index in [-0.39, 0.29) is 17.2 Å². The summed E-state index contributed by atoms with van der Waals surface area (Å²) < 4.78 is 0. The maximum Gasteiger partial charge on any atom is 0.293 e. The van der Waals surface area contributed by atoms with Gasteiger partial charge in [0.15, 0.2) is 0 Å². The topological polar surface area (TPSA) is 110 Å². The zero-order valence-corrected chi connectivity index (χ0v) is 15.4. The fourth-order valence-electron chi connectivity index (χ4n) is 4.07. The summed E-state index contributed by atoms with van der Waals surface area (Å²) in [5.41, 5.74) is 5.66. The minimum Gasteiger partial charge on any atom is -0.366 e. The summed E-state index contributed by atoms with van der Waals surface area (Å²) in [6.45, 7) is 2.17. The van der Waals surface area contributed by atoms with Crippen LogP contribution in [0.5, 0.6) is 0 Å². The number of hydrogen-bond donors (Lipinski definition) is 1. The summed E-state index contributed by atoms with van der Waals surface area (Å²) in [4.78, 5) is 38.4. The predicted molar refractivity (Wildman–Crippen MR) is 102 cm³/mol. The number of primary amides is 1. The third-order valence-electron chi connectivity index (χ3n) is 5.67. The van der Waals surface area contributed by atoms with E-state index in [4.69, 9.17) is 5.73 Å². The number of amides is 2. The highest BCUT2D eigenvalue weighted by atomic mass is 16.6. The fraction of sp³-hybridized carbons (Fsp3) is 0.579. The average Bonchev–Trinajstić information content (AvgIpc) is 3.19. The van der Waals surface area contributed by atoms with E-state index in [2.05, 4.69) is 0 Å². The number of anilines is 1. The molecule has 0 bridgehead atoms. The number of nitro benzene ring substituents is 1. The average molecular weight is 374 g/mol. The Morgan fingerprint density at radius 2 is 1.81 bits per heavy atom.